The van der Waals surface area contributed by atoms with E-state index in [1.807, 2.05) is 14.0 Å². The van der Waals surface area contributed by atoms with Crippen molar-refractivity contribution in [2.24, 2.45) is 5.73 Å². The summed E-state index contributed by atoms with van der Waals surface area (Å²) in [4.78, 5) is 24.5. The number of nitrogens with zero attached hydrogens (tertiary/aromatic N) is 4. The normalized spacial score (nSPS) is 19.2. The van der Waals surface area contributed by atoms with Gasteiger partial charge in [-0.3, -0.25) is 0 Å². The first kappa shape index (κ1) is 22.0. The van der Waals surface area contributed by atoms with E-state index in [4.69, 9.17) is 26.8 Å². The number of fused-ring (bicyclic) bond motifs is 1. The molecule has 10 heteroatoms. The van der Waals surface area contributed by atoms with Crippen molar-refractivity contribution >= 4 is 28.5 Å². The predicted molar refractivity (Wildman–Crippen MR) is 119 cm³/mol. The molecule has 0 saturated carbocycles. The van der Waals surface area contributed by atoms with Gasteiger partial charge < -0.3 is 25.0 Å². The van der Waals surface area contributed by atoms with Crippen molar-refractivity contribution in [3.05, 3.63) is 53.1 Å². The average Bonchev–Trinajstić information content (AvgIpc) is 2.75. The number of ether oxygens (including phenoxy) is 2. The number of aromatic nitrogens is 2. The summed E-state index contributed by atoms with van der Waals surface area (Å²) in [6.07, 6.45) is 1.32. The molecule has 2 amide bonds. The number of urea groups is 1. The first-order chi connectivity index (χ1) is 15.2. The molecular formula is C22H23ClFN5O3. The van der Waals surface area contributed by atoms with Gasteiger partial charge in [0.15, 0.2) is 11.6 Å². The van der Waals surface area contributed by atoms with E-state index in [9.17, 15) is 9.18 Å². The van der Waals surface area contributed by atoms with Crippen molar-refractivity contribution in [3.63, 3.8) is 0 Å². The molecule has 2 aromatic carbocycles. The molecule has 0 aliphatic carbocycles. The van der Waals surface area contributed by atoms with Gasteiger partial charge in [-0.15, -0.1) is 0 Å². The third kappa shape index (κ3) is 3.78. The number of rotatable bonds is 4. The lowest BCUT2D eigenvalue weighted by Crippen LogP contribution is -2.61. The van der Waals surface area contributed by atoms with Crippen molar-refractivity contribution in [1.82, 2.24) is 19.8 Å². The Labute approximate surface area is 189 Å². The molecule has 2 N–H and O–H groups in total. The highest BCUT2D eigenvalue weighted by Crippen LogP contribution is 2.41. The first-order valence-corrected chi connectivity index (χ1v) is 10.3. The average molecular weight is 460 g/mol. The molecule has 1 fully saturated rings. The Hall–Kier alpha value is -3.17. The van der Waals surface area contributed by atoms with Crippen LogP contribution in [0.15, 0.2) is 36.7 Å². The predicted octanol–water partition coefficient (Wildman–Crippen LogP) is 3.76. The van der Waals surface area contributed by atoms with Gasteiger partial charge in [-0.25, -0.2) is 19.2 Å². The van der Waals surface area contributed by atoms with Gasteiger partial charge in [-0.1, -0.05) is 17.7 Å². The molecule has 1 atom stereocenters. The highest BCUT2D eigenvalue weighted by Gasteiger charge is 2.42. The van der Waals surface area contributed by atoms with Gasteiger partial charge in [0.25, 0.3) is 0 Å². The maximum absolute atomic E-state index is 14.4. The van der Waals surface area contributed by atoms with Gasteiger partial charge in [-0.05, 0) is 32.2 Å². The van der Waals surface area contributed by atoms with E-state index in [1.165, 1.54) is 18.5 Å². The summed E-state index contributed by atoms with van der Waals surface area (Å²) in [7, 11) is 3.53. The molecule has 1 aromatic heterocycles. The van der Waals surface area contributed by atoms with Gasteiger partial charge in [0.2, 0.25) is 5.88 Å². The molecule has 0 radical (unpaired) electrons. The third-order valence-corrected chi connectivity index (χ3v) is 6.06. The summed E-state index contributed by atoms with van der Waals surface area (Å²) in [5.74, 6) is -0.0497. The Morgan fingerprint density at radius 3 is 2.75 bits per heavy atom. The second kappa shape index (κ2) is 8.40. The lowest BCUT2D eigenvalue weighted by atomic mass is 9.86. The smallest absolute Gasteiger partial charge is 0.315 e. The molecule has 1 aliphatic heterocycles. The standard InChI is InChI=1S/C22H23ClFN5O3/c1-22(11-28(2)7-8-29(22)21(25)30)14-9-13-16(10-18(14)31-3)26-12-27-20(13)32-17-6-4-5-15(23)19(17)24/h4-6,9-10,12H,7-8,11H2,1-3H3,(H2,25,30)/t22-/m0/s1. The first-order valence-electron chi connectivity index (χ1n) is 9.95. The molecule has 0 spiro atoms. The molecule has 1 saturated heterocycles. The molecular weight excluding hydrogens is 437 g/mol. The molecule has 168 valence electrons. The van der Waals surface area contributed by atoms with Crippen LogP contribution in [0, 0.1) is 5.82 Å². The van der Waals surface area contributed by atoms with Crippen LogP contribution in [0.4, 0.5) is 9.18 Å². The van der Waals surface area contributed by atoms with Gasteiger partial charge in [0, 0.05) is 31.3 Å². The lowest BCUT2D eigenvalue weighted by molar-refractivity contribution is 0.0475. The number of amides is 2. The van der Waals surface area contributed by atoms with E-state index in [2.05, 4.69) is 14.9 Å². The minimum Gasteiger partial charge on any atom is -0.496 e. The van der Waals surface area contributed by atoms with Crippen molar-refractivity contribution in [1.29, 1.82) is 0 Å². The molecule has 1 aliphatic rings. The summed E-state index contributed by atoms with van der Waals surface area (Å²) in [5, 5.41) is 0.472. The number of halogens is 2. The van der Waals surface area contributed by atoms with Crippen LogP contribution < -0.4 is 15.2 Å². The van der Waals surface area contributed by atoms with E-state index in [0.717, 1.165) is 0 Å². The molecule has 0 bridgehead atoms. The van der Waals surface area contributed by atoms with E-state index < -0.39 is 17.4 Å². The topological polar surface area (TPSA) is 93.8 Å². The number of hydrogen-bond donors (Lipinski definition) is 1. The Balaban J connectivity index is 1.89. The van der Waals surface area contributed by atoms with Crippen LogP contribution in [0.25, 0.3) is 10.9 Å². The minimum atomic E-state index is -0.785. The van der Waals surface area contributed by atoms with Crippen LogP contribution in [0.5, 0.6) is 17.4 Å². The van der Waals surface area contributed by atoms with Crippen molar-refractivity contribution < 1.29 is 18.7 Å². The SMILES string of the molecule is COc1cc2ncnc(Oc3cccc(Cl)c3F)c2cc1[C@]1(C)CN(C)CCN1C(N)=O. The van der Waals surface area contributed by atoms with Gasteiger partial charge in [0.1, 0.15) is 12.1 Å². The van der Waals surface area contributed by atoms with E-state index in [0.29, 0.717) is 41.9 Å². The molecule has 8 nitrogen and oxygen atoms in total. The number of benzene rings is 2. The number of methoxy groups -OCH3 is 1. The Morgan fingerprint density at radius 2 is 2.03 bits per heavy atom. The summed E-state index contributed by atoms with van der Waals surface area (Å²) >= 11 is 5.88. The number of nitrogens with two attached hydrogens (primary N) is 1. The van der Waals surface area contributed by atoms with Crippen LogP contribution in [-0.4, -0.2) is 59.6 Å². The van der Waals surface area contributed by atoms with E-state index >= 15 is 0 Å². The van der Waals surface area contributed by atoms with Crippen molar-refractivity contribution in [2.45, 2.75) is 12.5 Å². The van der Waals surface area contributed by atoms with Gasteiger partial charge in [-0.2, -0.15) is 0 Å². The molecule has 4 rings (SSSR count). The zero-order chi connectivity index (χ0) is 23.0. The Kier molecular flexibility index (Phi) is 5.79. The molecule has 32 heavy (non-hydrogen) atoms. The molecule has 0 unspecified atom stereocenters. The number of hydrogen-bond acceptors (Lipinski definition) is 6. The highest BCUT2D eigenvalue weighted by molar-refractivity contribution is 6.30. The number of primary amides is 1. The molecule has 3 aromatic rings. The van der Waals surface area contributed by atoms with E-state index in [1.54, 1.807) is 30.2 Å². The van der Waals surface area contributed by atoms with Crippen LogP contribution >= 0.6 is 11.6 Å². The number of likely N-dealkylation sites (N-methyl/N-ethyl adjacent to an activating group) is 1. The fourth-order valence-corrected chi connectivity index (χ4v) is 4.36. The van der Waals surface area contributed by atoms with Gasteiger partial charge >= 0.3 is 6.03 Å². The fraction of sp³-hybridized carbons (Fsp3) is 0.318. The lowest BCUT2D eigenvalue weighted by Gasteiger charge is -2.48. The van der Waals surface area contributed by atoms with Crippen LogP contribution in [-0.2, 0) is 5.54 Å². The van der Waals surface area contributed by atoms with Gasteiger partial charge in [0.05, 0.1) is 28.6 Å². The monoisotopic (exact) mass is 459 g/mol. The Morgan fingerprint density at radius 1 is 1.25 bits per heavy atom. The fourth-order valence-electron chi connectivity index (χ4n) is 4.19. The number of piperazine rings is 1. The van der Waals surface area contributed by atoms with Crippen LogP contribution in [0.2, 0.25) is 5.02 Å². The summed E-state index contributed by atoms with van der Waals surface area (Å²) in [6.45, 7) is 3.62. The second-order valence-corrected chi connectivity index (χ2v) is 8.31. The van der Waals surface area contributed by atoms with E-state index in [-0.39, 0.29) is 16.7 Å². The second-order valence-electron chi connectivity index (χ2n) is 7.90. The number of carbonyl (C=O) groups excluding carboxylic acids is 1. The maximum Gasteiger partial charge on any atom is 0.315 e. The largest absolute Gasteiger partial charge is 0.496 e. The quantitative estimate of drug-likeness (QED) is 0.638. The van der Waals surface area contributed by atoms with Crippen molar-refractivity contribution in [3.8, 4) is 17.4 Å². The number of carbonyl (C=O) groups is 1. The molecule has 2 heterocycles. The minimum absolute atomic E-state index is 0.0573. The summed E-state index contributed by atoms with van der Waals surface area (Å²) in [6, 6.07) is 7.51. The highest BCUT2D eigenvalue weighted by atomic mass is 35.5. The summed E-state index contributed by atoms with van der Waals surface area (Å²) < 4.78 is 25.9. The summed E-state index contributed by atoms with van der Waals surface area (Å²) in [5.41, 5.74) is 6.18. The Bertz CT molecular complexity index is 1190. The maximum atomic E-state index is 14.4. The van der Waals surface area contributed by atoms with Crippen LogP contribution in [0.1, 0.15) is 12.5 Å². The van der Waals surface area contributed by atoms with Crippen molar-refractivity contribution in [2.75, 3.05) is 33.8 Å². The third-order valence-electron chi connectivity index (χ3n) is 5.77. The zero-order valence-corrected chi connectivity index (χ0v) is 18.7. The van der Waals surface area contributed by atoms with Crippen LogP contribution in [0.3, 0.4) is 0 Å². The zero-order valence-electron chi connectivity index (χ0n) is 17.9.